The number of hydrogen-bond acceptors (Lipinski definition) is 3. The molecule has 0 bridgehead atoms. The van der Waals surface area contributed by atoms with E-state index in [1.165, 1.54) is 0 Å². The Bertz CT molecular complexity index is 554. The highest BCUT2D eigenvalue weighted by Crippen LogP contribution is 2.19. The third kappa shape index (κ3) is 4.46. The fourth-order valence-corrected chi connectivity index (χ4v) is 2.23. The van der Waals surface area contributed by atoms with Gasteiger partial charge in [-0.15, -0.1) is 0 Å². The molecule has 0 saturated heterocycles. The Morgan fingerprint density at radius 3 is 2.19 bits per heavy atom. The highest BCUT2D eigenvalue weighted by atomic mass is 35.5. The van der Waals surface area contributed by atoms with E-state index in [-0.39, 0.29) is 6.04 Å². The van der Waals surface area contributed by atoms with Gasteiger partial charge in [-0.25, -0.2) is 0 Å². The van der Waals surface area contributed by atoms with Crippen LogP contribution in [0.3, 0.4) is 0 Å². The van der Waals surface area contributed by atoms with Gasteiger partial charge < -0.3 is 15.2 Å². The second-order valence-electron chi connectivity index (χ2n) is 4.97. The predicted molar refractivity (Wildman–Crippen MR) is 85.8 cm³/mol. The van der Waals surface area contributed by atoms with Crippen LogP contribution in [0.5, 0.6) is 5.75 Å². The number of hydrogen-bond donors (Lipinski definition) is 2. The Kier molecular flexibility index (Phi) is 5.62. The summed E-state index contributed by atoms with van der Waals surface area (Å²) in [6.07, 6.45) is -0.553. The molecule has 0 spiro atoms. The van der Waals surface area contributed by atoms with Crippen molar-refractivity contribution in [1.82, 2.24) is 5.32 Å². The molecule has 2 aromatic rings. The maximum Gasteiger partial charge on any atom is 0.118 e. The van der Waals surface area contributed by atoms with E-state index in [0.717, 1.165) is 16.9 Å². The van der Waals surface area contributed by atoms with Crippen LogP contribution < -0.4 is 10.1 Å². The number of halogens is 1. The van der Waals surface area contributed by atoms with Gasteiger partial charge in [0.2, 0.25) is 0 Å². The van der Waals surface area contributed by atoms with Crippen molar-refractivity contribution in [3.8, 4) is 5.75 Å². The first-order valence-electron chi connectivity index (χ1n) is 6.91. The zero-order valence-electron chi connectivity index (χ0n) is 12.2. The van der Waals surface area contributed by atoms with Crippen molar-refractivity contribution >= 4 is 11.6 Å². The van der Waals surface area contributed by atoms with Crippen LogP contribution in [0.15, 0.2) is 48.5 Å². The molecule has 1 unspecified atom stereocenters. The van der Waals surface area contributed by atoms with Crippen LogP contribution in [0.1, 0.15) is 30.2 Å². The van der Waals surface area contributed by atoms with Gasteiger partial charge in [-0.2, -0.15) is 0 Å². The van der Waals surface area contributed by atoms with E-state index in [1.807, 2.05) is 36.4 Å². The summed E-state index contributed by atoms with van der Waals surface area (Å²) in [6.45, 7) is 2.55. The second kappa shape index (κ2) is 7.46. The van der Waals surface area contributed by atoms with Gasteiger partial charge in [0, 0.05) is 17.6 Å². The quantitative estimate of drug-likeness (QED) is 0.854. The zero-order chi connectivity index (χ0) is 15.2. The Balaban J connectivity index is 1.90. The van der Waals surface area contributed by atoms with Gasteiger partial charge in [0.1, 0.15) is 5.75 Å². The lowest BCUT2D eigenvalue weighted by atomic mass is 10.1. The smallest absolute Gasteiger partial charge is 0.118 e. The van der Waals surface area contributed by atoms with Crippen molar-refractivity contribution in [1.29, 1.82) is 0 Å². The number of methoxy groups -OCH3 is 1. The minimum absolute atomic E-state index is 0.151. The second-order valence-corrected chi connectivity index (χ2v) is 5.41. The number of ether oxygens (including phenoxy) is 1. The lowest BCUT2D eigenvalue weighted by Gasteiger charge is -2.18. The summed E-state index contributed by atoms with van der Waals surface area (Å²) in [5.74, 6) is 0.840. The summed E-state index contributed by atoms with van der Waals surface area (Å²) in [4.78, 5) is 0. The monoisotopic (exact) mass is 305 g/mol. The maximum atomic E-state index is 10.2. The van der Waals surface area contributed by atoms with E-state index < -0.39 is 6.10 Å². The first-order chi connectivity index (χ1) is 10.1. The number of aliphatic hydroxyl groups excluding tert-OH is 1. The number of benzene rings is 2. The largest absolute Gasteiger partial charge is 0.497 e. The van der Waals surface area contributed by atoms with Crippen molar-refractivity contribution in [3.05, 3.63) is 64.7 Å². The predicted octanol–water partition coefficient (Wildman–Crippen LogP) is 3.73. The van der Waals surface area contributed by atoms with Crippen molar-refractivity contribution in [2.75, 3.05) is 13.7 Å². The van der Waals surface area contributed by atoms with Gasteiger partial charge >= 0.3 is 0 Å². The summed E-state index contributed by atoms with van der Waals surface area (Å²) in [5.41, 5.74) is 2.01. The average Bonchev–Trinajstić information content (AvgIpc) is 2.53. The highest BCUT2D eigenvalue weighted by molar-refractivity contribution is 6.30. The van der Waals surface area contributed by atoms with Crippen LogP contribution in [0.4, 0.5) is 0 Å². The Morgan fingerprint density at radius 1 is 1.05 bits per heavy atom. The van der Waals surface area contributed by atoms with Gasteiger partial charge in [0.15, 0.2) is 0 Å². The molecule has 0 radical (unpaired) electrons. The number of nitrogens with one attached hydrogen (secondary N) is 1. The average molecular weight is 306 g/mol. The Labute approximate surface area is 130 Å². The zero-order valence-corrected chi connectivity index (χ0v) is 13.0. The number of rotatable bonds is 6. The van der Waals surface area contributed by atoms with E-state index in [0.29, 0.717) is 11.6 Å². The fraction of sp³-hybridized carbons (Fsp3) is 0.294. The topological polar surface area (TPSA) is 41.5 Å². The van der Waals surface area contributed by atoms with Crippen LogP contribution in [-0.2, 0) is 0 Å². The molecule has 4 heteroatoms. The molecule has 2 rings (SSSR count). The molecule has 0 amide bonds. The van der Waals surface area contributed by atoms with Crippen LogP contribution in [0.25, 0.3) is 0 Å². The lowest BCUT2D eigenvalue weighted by molar-refractivity contribution is 0.171. The van der Waals surface area contributed by atoms with Crippen molar-refractivity contribution in [3.63, 3.8) is 0 Å². The molecule has 112 valence electrons. The van der Waals surface area contributed by atoms with Crippen LogP contribution >= 0.6 is 11.6 Å². The third-order valence-corrected chi connectivity index (χ3v) is 3.74. The van der Waals surface area contributed by atoms with E-state index in [9.17, 15) is 5.11 Å². The third-order valence-electron chi connectivity index (χ3n) is 3.49. The van der Waals surface area contributed by atoms with Gasteiger partial charge in [-0.3, -0.25) is 0 Å². The van der Waals surface area contributed by atoms with Crippen LogP contribution in [0.2, 0.25) is 5.02 Å². The van der Waals surface area contributed by atoms with Gasteiger partial charge in [-0.1, -0.05) is 35.9 Å². The molecule has 2 atom stereocenters. The van der Waals surface area contributed by atoms with Crippen molar-refractivity contribution < 1.29 is 9.84 Å². The summed E-state index contributed by atoms with van der Waals surface area (Å²) in [6, 6.07) is 15.3. The van der Waals surface area contributed by atoms with Gasteiger partial charge in [0.25, 0.3) is 0 Å². The van der Waals surface area contributed by atoms with E-state index in [1.54, 1.807) is 19.2 Å². The summed E-state index contributed by atoms with van der Waals surface area (Å²) < 4.78 is 5.14. The standard InChI is InChI=1S/C17H20ClNO2/c1-12(13-5-9-16(21-2)10-6-13)19-11-17(20)14-3-7-15(18)8-4-14/h3-10,12,17,19-20H,11H2,1-2H3/t12-,17?/m1/s1. The lowest BCUT2D eigenvalue weighted by Crippen LogP contribution is -2.24. The highest BCUT2D eigenvalue weighted by Gasteiger charge is 2.10. The van der Waals surface area contributed by atoms with Crippen LogP contribution in [-0.4, -0.2) is 18.8 Å². The molecule has 2 N–H and O–H groups in total. The molecule has 2 aromatic carbocycles. The normalized spacial score (nSPS) is 13.7. The minimum atomic E-state index is -0.553. The minimum Gasteiger partial charge on any atom is -0.497 e. The Hall–Kier alpha value is -1.55. The molecule has 21 heavy (non-hydrogen) atoms. The summed E-state index contributed by atoms with van der Waals surface area (Å²) >= 11 is 5.84. The van der Waals surface area contributed by atoms with Gasteiger partial charge in [0.05, 0.1) is 13.2 Å². The Morgan fingerprint density at radius 2 is 1.62 bits per heavy atom. The first kappa shape index (κ1) is 15.8. The molecule has 3 nitrogen and oxygen atoms in total. The summed E-state index contributed by atoms with van der Waals surface area (Å²) in [5, 5.41) is 14.2. The van der Waals surface area contributed by atoms with Crippen molar-refractivity contribution in [2.24, 2.45) is 0 Å². The molecule has 0 heterocycles. The number of aliphatic hydroxyl groups is 1. The molecule has 0 saturated carbocycles. The van der Waals surface area contributed by atoms with Crippen LogP contribution in [0, 0.1) is 0 Å². The fourth-order valence-electron chi connectivity index (χ4n) is 2.10. The van der Waals surface area contributed by atoms with E-state index in [2.05, 4.69) is 12.2 Å². The molecule has 0 aromatic heterocycles. The molecule has 0 aliphatic carbocycles. The van der Waals surface area contributed by atoms with Crippen molar-refractivity contribution in [2.45, 2.75) is 19.1 Å². The maximum absolute atomic E-state index is 10.2. The molecular weight excluding hydrogens is 286 g/mol. The molecule has 0 aliphatic heterocycles. The van der Waals surface area contributed by atoms with Gasteiger partial charge in [-0.05, 0) is 42.3 Å². The molecule has 0 fully saturated rings. The van der Waals surface area contributed by atoms with E-state index in [4.69, 9.17) is 16.3 Å². The molecular formula is C17H20ClNO2. The first-order valence-corrected chi connectivity index (χ1v) is 7.29. The molecule has 0 aliphatic rings. The van der Waals surface area contributed by atoms with E-state index >= 15 is 0 Å². The summed E-state index contributed by atoms with van der Waals surface area (Å²) in [7, 11) is 1.65. The SMILES string of the molecule is COc1ccc([C@@H](C)NCC(O)c2ccc(Cl)cc2)cc1.